The van der Waals surface area contributed by atoms with E-state index in [2.05, 4.69) is 15.9 Å². The Balaban J connectivity index is 2.85. The van der Waals surface area contributed by atoms with Gasteiger partial charge in [0.15, 0.2) is 0 Å². The molecule has 0 spiro atoms. The predicted octanol–water partition coefficient (Wildman–Crippen LogP) is 3.22. The van der Waals surface area contributed by atoms with Crippen LogP contribution in [0.5, 0.6) is 0 Å². The Bertz CT molecular complexity index is 389. The number of nitrogens with two attached hydrogens (primary N) is 1. The third-order valence-corrected chi connectivity index (χ3v) is 3.66. The maximum absolute atomic E-state index is 14.7. The number of hydrogen-bond donors (Lipinski definition) is 1. The zero-order valence-corrected chi connectivity index (χ0v) is 12.0. The van der Waals surface area contributed by atoms with Gasteiger partial charge in [-0.25, -0.2) is 8.78 Å². The van der Waals surface area contributed by atoms with Gasteiger partial charge >= 0.3 is 0 Å². The summed E-state index contributed by atoms with van der Waals surface area (Å²) in [5.74, 6) is -0.383. The van der Waals surface area contributed by atoms with Crippen LogP contribution in [0.3, 0.4) is 0 Å². The lowest BCUT2D eigenvalue weighted by molar-refractivity contribution is 0.0333. The van der Waals surface area contributed by atoms with Crippen LogP contribution in [-0.4, -0.2) is 25.9 Å². The molecule has 2 nitrogen and oxygen atoms in total. The second kappa shape index (κ2) is 7.16. The van der Waals surface area contributed by atoms with Gasteiger partial charge in [0.25, 0.3) is 0 Å². The summed E-state index contributed by atoms with van der Waals surface area (Å²) in [7, 11) is 1.46. The van der Waals surface area contributed by atoms with Gasteiger partial charge in [-0.15, -0.1) is 0 Å². The molecule has 0 radical (unpaired) electrons. The van der Waals surface area contributed by atoms with E-state index >= 15 is 0 Å². The van der Waals surface area contributed by atoms with Crippen LogP contribution in [0.4, 0.5) is 8.78 Å². The molecule has 1 rings (SSSR count). The highest BCUT2D eigenvalue weighted by molar-refractivity contribution is 9.10. The van der Waals surface area contributed by atoms with Crippen molar-refractivity contribution in [2.24, 2.45) is 5.73 Å². The Morgan fingerprint density at radius 3 is 2.78 bits per heavy atom. The van der Waals surface area contributed by atoms with Crippen LogP contribution in [-0.2, 0) is 11.2 Å². The molecule has 0 aromatic heterocycles. The van der Waals surface area contributed by atoms with E-state index in [0.29, 0.717) is 29.4 Å². The van der Waals surface area contributed by atoms with Gasteiger partial charge in [-0.2, -0.15) is 0 Å². The first-order chi connectivity index (χ1) is 8.52. The zero-order chi connectivity index (χ0) is 13.6. The van der Waals surface area contributed by atoms with E-state index in [1.165, 1.54) is 13.2 Å². The first-order valence-electron chi connectivity index (χ1n) is 5.83. The minimum atomic E-state index is -1.51. The largest absolute Gasteiger partial charge is 0.381 e. The Morgan fingerprint density at radius 1 is 1.44 bits per heavy atom. The maximum atomic E-state index is 14.7. The summed E-state index contributed by atoms with van der Waals surface area (Å²) in [5, 5.41) is 0. The number of ether oxygens (including phenoxy) is 1. The van der Waals surface area contributed by atoms with Crippen molar-refractivity contribution in [1.82, 2.24) is 0 Å². The Morgan fingerprint density at radius 2 is 2.17 bits per heavy atom. The molecule has 0 aliphatic rings. The van der Waals surface area contributed by atoms with Crippen LogP contribution in [0.15, 0.2) is 22.7 Å². The molecule has 0 fully saturated rings. The van der Waals surface area contributed by atoms with E-state index in [-0.39, 0.29) is 18.8 Å². The minimum absolute atomic E-state index is 0.0179. The summed E-state index contributed by atoms with van der Waals surface area (Å²) in [6, 6.07) is 4.62. The molecule has 0 saturated heterocycles. The zero-order valence-electron chi connectivity index (χ0n) is 10.4. The highest BCUT2D eigenvalue weighted by Gasteiger charge is 2.30. The average molecular weight is 322 g/mol. The molecule has 102 valence electrons. The van der Waals surface area contributed by atoms with Crippen LogP contribution < -0.4 is 5.73 Å². The molecule has 0 aliphatic heterocycles. The van der Waals surface area contributed by atoms with Gasteiger partial charge in [-0.05, 0) is 46.9 Å². The van der Waals surface area contributed by atoms with Crippen molar-refractivity contribution >= 4 is 15.9 Å². The number of methoxy groups -OCH3 is 1. The lowest BCUT2D eigenvalue weighted by Crippen LogP contribution is -2.32. The SMILES string of the molecule is COCC(F)(CCCN)Cc1cccc(F)c1Br. The van der Waals surface area contributed by atoms with Gasteiger partial charge in [-0.3, -0.25) is 0 Å². The predicted molar refractivity (Wildman–Crippen MR) is 71.8 cm³/mol. The van der Waals surface area contributed by atoms with Crippen molar-refractivity contribution in [2.75, 3.05) is 20.3 Å². The van der Waals surface area contributed by atoms with Gasteiger partial charge in [-0.1, -0.05) is 12.1 Å². The summed E-state index contributed by atoms with van der Waals surface area (Å²) in [6.45, 7) is 0.412. The molecule has 1 atom stereocenters. The van der Waals surface area contributed by atoms with Crippen molar-refractivity contribution in [2.45, 2.75) is 24.9 Å². The number of benzene rings is 1. The van der Waals surface area contributed by atoms with Gasteiger partial charge in [0.05, 0.1) is 11.1 Å². The van der Waals surface area contributed by atoms with Crippen molar-refractivity contribution in [3.05, 3.63) is 34.1 Å². The van der Waals surface area contributed by atoms with Gasteiger partial charge < -0.3 is 10.5 Å². The third-order valence-electron chi connectivity index (χ3n) is 2.77. The number of halogens is 3. The first kappa shape index (κ1) is 15.5. The van der Waals surface area contributed by atoms with E-state index in [0.717, 1.165) is 0 Å². The summed E-state index contributed by atoms with van der Waals surface area (Å²) < 4.78 is 33.3. The Labute approximate surface area is 115 Å². The first-order valence-corrected chi connectivity index (χ1v) is 6.62. The fourth-order valence-corrected chi connectivity index (χ4v) is 2.32. The molecule has 1 aromatic carbocycles. The van der Waals surface area contributed by atoms with E-state index in [9.17, 15) is 8.78 Å². The molecule has 2 N–H and O–H groups in total. The Hall–Kier alpha value is -0.520. The number of rotatable bonds is 7. The van der Waals surface area contributed by atoms with Crippen molar-refractivity contribution in [1.29, 1.82) is 0 Å². The van der Waals surface area contributed by atoms with E-state index in [1.807, 2.05) is 0 Å². The molecular formula is C13H18BrF2NO. The fourth-order valence-electron chi connectivity index (χ4n) is 1.92. The monoisotopic (exact) mass is 321 g/mol. The second-order valence-corrected chi connectivity index (χ2v) is 5.16. The normalized spacial score (nSPS) is 14.5. The van der Waals surface area contributed by atoms with Crippen LogP contribution in [0.25, 0.3) is 0 Å². The van der Waals surface area contributed by atoms with Crippen LogP contribution in [0, 0.1) is 5.82 Å². The quantitative estimate of drug-likeness (QED) is 0.836. The molecule has 0 aliphatic carbocycles. The molecule has 0 saturated carbocycles. The van der Waals surface area contributed by atoms with E-state index in [1.54, 1.807) is 12.1 Å². The summed E-state index contributed by atoms with van der Waals surface area (Å²) >= 11 is 3.14. The summed E-state index contributed by atoms with van der Waals surface area (Å²) in [5.41, 5.74) is 4.50. The molecule has 18 heavy (non-hydrogen) atoms. The minimum Gasteiger partial charge on any atom is -0.381 e. The maximum Gasteiger partial charge on any atom is 0.138 e. The molecule has 0 bridgehead atoms. The lowest BCUT2D eigenvalue weighted by Gasteiger charge is -2.25. The highest BCUT2D eigenvalue weighted by atomic mass is 79.9. The fraction of sp³-hybridized carbons (Fsp3) is 0.538. The van der Waals surface area contributed by atoms with Crippen molar-refractivity contribution in [3.63, 3.8) is 0 Å². The molecule has 5 heteroatoms. The van der Waals surface area contributed by atoms with Crippen LogP contribution in [0.1, 0.15) is 18.4 Å². The third kappa shape index (κ3) is 4.30. The highest BCUT2D eigenvalue weighted by Crippen LogP contribution is 2.29. The number of alkyl halides is 1. The smallest absolute Gasteiger partial charge is 0.138 e. The van der Waals surface area contributed by atoms with Crippen LogP contribution in [0.2, 0.25) is 0 Å². The molecule has 1 unspecified atom stereocenters. The summed E-state index contributed by atoms with van der Waals surface area (Å²) in [4.78, 5) is 0. The molecule has 1 aromatic rings. The van der Waals surface area contributed by atoms with Crippen molar-refractivity contribution < 1.29 is 13.5 Å². The van der Waals surface area contributed by atoms with Gasteiger partial charge in [0.1, 0.15) is 11.5 Å². The topological polar surface area (TPSA) is 35.2 Å². The standard InChI is InChI=1S/C13H18BrF2NO/c1-18-9-13(16,6-3-7-17)8-10-4-2-5-11(15)12(10)14/h2,4-5H,3,6-9,17H2,1H3. The van der Waals surface area contributed by atoms with E-state index in [4.69, 9.17) is 10.5 Å². The second-order valence-electron chi connectivity index (χ2n) is 4.37. The molecule has 0 amide bonds. The van der Waals surface area contributed by atoms with Gasteiger partial charge in [0.2, 0.25) is 0 Å². The van der Waals surface area contributed by atoms with E-state index < -0.39 is 5.67 Å². The van der Waals surface area contributed by atoms with Crippen molar-refractivity contribution in [3.8, 4) is 0 Å². The summed E-state index contributed by atoms with van der Waals surface area (Å²) in [6.07, 6.45) is 0.992. The molecular weight excluding hydrogens is 304 g/mol. The van der Waals surface area contributed by atoms with Gasteiger partial charge in [0, 0.05) is 13.5 Å². The Kier molecular flexibility index (Phi) is 6.18. The number of hydrogen-bond acceptors (Lipinski definition) is 2. The van der Waals surface area contributed by atoms with Crippen LogP contribution >= 0.6 is 15.9 Å². The molecule has 0 heterocycles. The lowest BCUT2D eigenvalue weighted by atomic mass is 9.92. The average Bonchev–Trinajstić information content (AvgIpc) is 2.33.